The van der Waals surface area contributed by atoms with E-state index in [9.17, 15) is 0 Å². The van der Waals surface area contributed by atoms with E-state index in [0.717, 1.165) is 13.1 Å². The lowest BCUT2D eigenvalue weighted by Crippen LogP contribution is -2.28. The molecule has 1 heterocycles. The number of benzene rings is 1. The molecule has 2 N–H and O–H groups in total. The molecule has 2 nitrogen and oxygen atoms in total. The van der Waals surface area contributed by atoms with Gasteiger partial charge in [0.05, 0.1) is 6.04 Å². The number of hydrogen-bond acceptors (Lipinski definition) is 3. The molecular weight excluding hydrogens is 240 g/mol. The highest BCUT2D eigenvalue weighted by Gasteiger charge is 2.11. The lowest BCUT2D eigenvalue weighted by Gasteiger charge is -2.21. The van der Waals surface area contributed by atoms with Gasteiger partial charge in [-0.25, -0.2) is 0 Å². The Morgan fingerprint density at radius 3 is 2.67 bits per heavy atom. The van der Waals surface area contributed by atoms with Gasteiger partial charge in [-0.15, -0.1) is 11.3 Å². The van der Waals surface area contributed by atoms with Gasteiger partial charge in [0.25, 0.3) is 0 Å². The van der Waals surface area contributed by atoms with Crippen LogP contribution in [-0.2, 0) is 6.54 Å². The molecule has 1 unspecified atom stereocenters. The Balaban J connectivity index is 1.93. The summed E-state index contributed by atoms with van der Waals surface area (Å²) in [5.74, 6) is 0. The van der Waals surface area contributed by atoms with Crippen LogP contribution in [0.2, 0.25) is 0 Å². The van der Waals surface area contributed by atoms with Crippen molar-refractivity contribution in [2.45, 2.75) is 19.5 Å². The first-order valence-corrected chi connectivity index (χ1v) is 7.07. The second-order valence-electron chi connectivity index (χ2n) is 4.75. The molecule has 0 aliphatic heterocycles. The van der Waals surface area contributed by atoms with E-state index in [4.69, 9.17) is 5.73 Å². The number of likely N-dealkylation sites (N-methyl/N-ethyl adjacent to an activating group) is 1. The maximum Gasteiger partial charge on any atom is 0.0519 e. The highest BCUT2D eigenvalue weighted by molar-refractivity contribution is 7.10. The Morgan fingerprint density at radius 2 is 2.00 bits per heavy atom. The Labute approximate surface area is 113 Å². The Kier molecular flexibility index (Phi) is 4.53. The van der Waals surface area contributed by atoms with Crippen LogP contribution in [0, 0.1) is 6.92 Å². The monoisotopic (exact) mass is 260 g/mol. The summed E-state index contributed by atoms with van der Waals surface area (Å²) in [6, 6.07) is 12.8. The average molecular weight is 260 g/mol. The predicted molar refractivity (Wildman–Crippen MR) is 78.8 cm³/mol. The van der Waals surface area contributed by atoms with Gasteiger partial charge in [-0.3, -0.25) is 0 Å². The number of rotatable bonds is 5. The van der Waals surface area contributed by atoms with Crippen molar-refractivity contribution in [3.63, 3.8) is 0 Å². The molecule has 1 aromatic heterocycles. The van der Waals surface area contributed by atoms with E-state index in [0.29, 0.717) is 0 Å². The summed E-state index contributed by atoms with van der Waals surface area (Å²) in [5.41, 5.74) is 8.92. The molecule has 2 rings (SSSR count). The number of hydrogen-bond donors (Lipinski definition) is 1. The van der Waals surface area contributed by atoms with Crippen molar-refractivity contribution < 1.29 is 0 Å². The van der Waals surface area contributed by atoms with Crippen LogP contribution < -0.4 is 5.73 Å². The molecule has 0 aliphatic carbocycles. The molecule has 3 heteroatoms. The molecule has 0 bridgehead atoms. The third-order valence-corrected chi connectivity index (χ3v) is 4.12. The lowest BCUT2D eigenvalue weighted by atomic mass is 10.1. The van der Waals surface area contributed by atoms with Gasteiger partial charge < -0.3 is 10.6 Å². The van der Waals surface area contributed by atoms with Crippen molar-refractivity contribution >= 4 is 11.3 Å². The van der Waals surface area contributed by atoms with Crippen molar-refractivity contribution in [2.75, 3.05) is 13.6 Å². The third-order valence-electron chi connectivity index (χ3n) is 3.12. The maximum atomic E-state index is 6.20. The molecule has 2 aromatic rings. The number of nitrogens with zero attached hydrogens (tertiary/aromatic N) is 1. The van der Waals surface area contributed by atoms with Gasteiger partial charge in [-0.2, -0.15) is 0 Å². The van der Waals surface area contributed by atoms with Crippen molar-refractivity contribution in [2.24, 2.45) is 5.73 Å². The van der Waals surface area contributed by atoms with E-state index in [1.165, 1.54) is 16.0 Å². The van der Waals surface area contributed by atoms with E-state index in [1.54, 1.807) is 11.3 Å². The SMILES string of the molecule is Cc1ccccc1CN(C)CC(N)c1cccs1. The Morgan fingerprint density at radius 1 is 1.22 bits per heavy atom. The third kappa shape index (κ3) is 3.42. The summed E-state index contributed by atoms with van der Waals surface area (Å²) >= 11 is 1.73. The summed E-state index contributed by atoms with van der Waals surface area (Å²) in [4.78, 5) is 3.54. The van der Waals surface area contributed by atoms with Crippen LogP contribution in [0.3, 0.4) is 0 Å². The smallest absolute Gasteiger partial charge is 0.0519 e. The second-order valence-corrected chi connectivity index (χ2v) is 5.72. The topological polar surface area (TPSA) is 29.3 Å². The molecule has 0 radical (unpaired) electrons. The minimum absolute atomic E-state index is 0.110. The minimum Gasteiger partial charge on any atom is -0.322 e. The van der Waals surface area contributed by atoms with Crippen LogP contribution >= 0.6 is 11.3 Å². The summed E-state index contributed by atoms with van der Waals surface area (Å²) in [6.45, 7) is 3.99. The van der Waals surface area contributed by atoms with Crippen molar-refractivity contribution in [3.8, 4) is 0 Å². The first kappa shape index (κ1) is 13.3. The zero-order valence-electron chi connectivity index (χ0n) is 11.0. The largest absolute Gasteiger partial charge is 0.322 e. The highest BCUT2D eigenvalue weighted by atomic mass is 32.1. The molecule has 0 spiro atoms. The summed E-state index contributed by atoms with van der Waals surface area (Å²) < 4.78 is 0. The molecule has 1 atom stereocenters. The van der Waals surface area contributed by atoms with Gasteiger partial charge in [0, 0.05) is 18.0 Å². The first-order valence-electron chi connectivity index (χ1n) is 6.19. The van der Waals surface area contributed by atoms with Gasteiger partial charge >= 0.3 is 0 Å². The second kappa shape index (κ2) is 6.14. The summed E-state index contributed by atoms with van der Waals surface area (Å²) in [5, 5.41) is 2.08. The molecule has 0 fully saturated rings. The van der Waals surface area contributed by atoms with Gasteiger partial charge in [0.1, 0.15) is 0 Å². The fraction of sp³-hybridized carbons (Fsp3) is 0.333. The van der Waals surface area contributed by atoms with Gasteiger partial charge in [-0.05, 0) is 36.5 Å². The fourth-order valence-electron chi connectivity index (χ4n) is 2.07. The average Bonchev–Trinajstić information content (AvgIpc) is 2.85. The first-order chi connectivity index (χ1) is 8.66. The maximum absolute atomic E-state index is 6.20. The van der Waals surface area contributed by atoms with Crippen LogP contribution in [0.15, 0.2) is 41.8 Å². The van der Waals surface area contributed by atoms with E-state index in [-0.39, 0.29) is 6.04 Å². The normalized spacial score (nSPS) is 12.9. The van der Waals surface area contributed by atoms with Crippen molar-refractivity contribution in [1.29, 1.82) is 0 Å². The standard InChI is InChI=1S/C15H20N2S/c1-12-6-3-4-7-13(12)10-17(2)11-14(16)15-8-5-9-18-15/h3-9,14H,10-11,16H2,1-2H3. The highest BCUT2D eigenvalue weighted by Crippen LogP contribution is 2.18. The van der Waals surface area contributed by atoms with Gasteiger partial charge in [0.2, 0.25) is 0 Å². The van der Waals surface area contributed by atoms with E-state index < -0.39 is 0 Å². The van der Waals surface area contributed by atoms with Crippen LogP contribution in [0.5, 0.6) is 0 Å². The summed E-state index contributed by atoms with van der Waals surface area (Å²) in [7, 11) is 2.12. The van der Waals surface area contributed by atoms with Crippen molar-refractivity contribution in [1.82, 2.24) is 4.90 Å². The quantitative estimate of drug-likeness (QED) is 0.894. The lowest BCUT2D eigenvalue weighted by molar-refractivity contribution is 0.306. The number of nitrogens with two attached hydrogens (primary N) is 1. The number of aryl methyl sites for hydroxylation is 1. The molecule has 1 aromatic carbocycles. The van der Waals surface area contributed by atoms with E-state index in [2.05, 4.69) is 60.6 Å². The number of thiophene rings is 1. The fourth-order valence-corrected chi connectivity index (χ4v) is 2.79. The Hall–Kier alpha value is -1.16. The van der Waals surface area contributed by atoms with Crippen LogP contribution in [-0.4, -0.2) is 18.5 Å². The molecule has 0 amide bonds. The van der Waals surface area contributed by atoms with Gasteiger partial charge in [0.15, 0.2) is 0 Å². The van der Waals surface area contributed by atoms with E-state index in [1.807, 2.05) is 0 Å². The Bertz CT molecular complexity index is 479. The van der Waals surface area contributed by atoms with Crippen molar-refractivity contribution in [3.05, 3.63) is 57.8 Å². The van der Waals surface area contributed by atoms with Crippen LogP contribution in [0.1, 0.15) is 22.0 Å². The zero-order valence-corrected chi connectivity index (χ0v) is 11.8. The molecule has 0 aliphatic rings. The zero-order chi connectivity index (χ0) is 13.0. The predicted octanol–water partition coefficient (Wildman–Crippen LogP) is 3.19. The molecular formula is C15H20N2S. The van der Waals surface area contributed by atoms with E-state index >= 15 is 0 Å². The summed E-state index contributed by atoms with van der Waals surface area (Å²) in [6.07, 6.45) is 0. The van der Waals surface area contributed by atoms with Gasteiger partial charge in [-0.1, -0.05) is 30.3 Å². The minimum atomic E-state index is 0.110. The van der Waals surface area contributed by atoms with Crippen LogP contribution in [0.4, 0.5) is 0 Å². The molecule has 0 saturated carbocycles. The molecule has 18 heavy (non-hydrogen) atoms. The molecule has 96 valence electrons. The van der Waals surface area contributed by atoms with Crippen LogP contribution in [0.25, 0.3) is 0 Å². The molecule has 0 saturated heterocycles.